The molecule has 0 aromatic carbocycles. The van der Waals surface area contributed by atoms with Crippen molar-refractivity contribution in [1.29, 1.82) is 0 Å². The number of hydrogen-bond donors (Lipinski definition) is 2. The average Bonchev–Trinajstić information content (AvgIpc) is 2.21. The highest BCUT2D eigenvalue weighted by molar-refractivity contribution is 5.71. The summed E-state index contributed by atoms with van der Waals surface area (Å²) in [5.41, 5.74) is 0. The third-order valence-corrected chi connectivity index (χ3v) is 1.94. The molecule has 1 aliphatic rings. The molecule has 6 nitrogen and oxygen atoms in total. The summed E-state index contributed by atoms with van der Waals surface area (Å²) in [6.45, 7) is -0.544. The van der Waals surface area contributed by atoms with Gasteiger partial charge < -0.3 is 24.4 Å². The molecule has 0 saturated heterocycles. The van der Waals surface area contributed by atoms with Crippen LogP contribution in [0, 0.1) is 0 Å². The molecule has 0 aromatic heterocycles. The van der Waals surface area contributed by atoms with Crippen molar-refractivity contribution in [3.8, 4) is 0 Å². The lowest BCUT2D eigenvalue weighted by molar-refractivity contribution is -0.171. The first-order chi connectivity index (χ1) is 7.19. The van der Waals surface area contributed by atoms with Crippen LogP contribution in [0.4, 0.5) is 0 Å². The van der Waals surface area contributed by atoms with Crippen molar-refractivity contribution in [2.75, 3.05) is 20.3 Å². The average molecular weight is 218 g/mol. The second-order valence-corrected chi connectivity index (χ2v) is 3.06. The first-order valence-corrected chi connectivity index (χ1v) is 4.48. The number of esters is 1. The lowest BCUT2D eigenvalue weighted by atomic mass is 10.1. The molecule has 15 heavy (non-hydrogen) atoms. The molecule has 1 heterocycles. The molecule has 3 atom stereocenters. The van der Waals surface area contributed by atoms with E-state index in [-0.39, 0.29) is 13.2 Å². The van der Waals surface area contributed by atoms with Gasteiger partial charge in [0, 0.05) is 7.11 Å². The summed E-state index contributed by atoms with van der Waals surface area (Å²) in [6, 6.07) is 0. The second kappa shape index (κ2) is 5.69. The quantitative estimate of drug-likeness (QED) is 0.577. The van der Waals surface area contributed by atoms with Crippen LogP contribution in [-0.4, -0.2) is 54.8 Å². The molecule has 0 radical (unpaired) electrons. The molecular formula is C9H14O6. The Bertz CT molecular complexity index is 239. The molecule has 86 valence electrons. The summed E-state index contributed by atoms with van der Waals surface area (Å²) < 4.78 is 14.4. The molecule has 0 unspecified atom stereocenters. The van der Waals surface area contributed by atoms with Crippen molar-refractivity contribution < 1.29 is 29.2 Å². The van der Waals surface area contributed by atoms with Gasteiger partial charge in [0.2, 0.25) is 0 Å². The predicted octanol–water partition coefficient (Wildman–Crippen LogP) is -1.19. The van der Waals surface area contributed by atoms with Gasteiger partial charge >= 0.3 is 5.97 Å². The maximum absolute atomic E-state index is 11.1. The zero-order chi connectivity index (χ0) is 11.3. The van der Waals surface area contributed by atoms with Crippen molar-refractivity contribution in [2.24, 2.45) is 0 Å². The van der Waals surface area contributed by atoms with E-state index in [1.54, 1.807) is 0 Å². The molecular weight excluding hydrogens is 204 g/mol. The largest absolute Gasteiger partial charge is 0.492 e. The number of aliphatic hydroxyl groups excluding tert-OH is 2. The molecule has 2 N–H and O–H groups in total. The Morgan fingerprint density at radius 2 is 2.33 bits per heavy atom. The Hall–Kier alpha value is -1.11. The number of ether oxygens (including phenoxy) is 3. The lowest BCUT2D eigenvalue weighted by Crippen LogP contribution is -2.45. The predicted molar refractivity (Wildman–Crippen MR) is 48.9 cm³/mol. The minimum Gasteiger partial charge on any atom is -0.492 e. The number of rotatable bonds is 4. The highest BCUT2D eigenvalue weighted by Gasteiger charge is 2.33. The molecule has 0 bridgehead atoms. The monoisotopic (exact) mass is 218 g/mol. The summed E-state index contributed by atoms with van der Waals surface area (Å²) in [7, 11) is 1.36. The van der Waals surface area contributed by atoms with Crippen molar-refractivity contribution in [2.45, 2.75) is 18.3 Å². The second-order valence-electron chi connectivity index (χ2n) is 3.06. The first-order valence-electron chi connectivity index (χ1n) is 4.48. The minimum atomic E-state index is -0.975. The van der Waals surface area contributed by atoms with Gasteiger partial charge in [-0.15, -0.1) is 0 Å². The van der Waals surface area contributed by atoms with E-state index in [1.807, 2.05) is 0 Å². The van der Waals surface area contributed by atoms with Crippen LogP contribution in [0.5, 0.6) is 0 Å². The van der Waals surface area contributed by atoms with Crippen molar-refractivity contribution >= 4 is 5.97 Å². The molecule has 1 rings (SSSR count). The van der Waals surface area contributed by atoms with Crippen LogP contribution in [0.15, 0.2) is 12.3 Å². The van der Waals surface area contributed by atoms with E-state index in [0.717, 1.165) is 0 Å². The fourth-order valence-corrected chi connectivity index (χ4v) is 1.23. The first kappa shape index (κ1) is 12.0. The van der Waals surface area contributed by atoms with Gasteiger partial charge in [0.05, 0.1) is 12.9 Å². The maximum atomic E-state index is 11.1. The van der Waals surface area contributed by atoms with Crippen LogP contribution in [0.2, 0.25) is 0 Å². The molecule has 0 fully saturated rings. The fraction of sp³-hybridized carbons (Fsp3) is 0.667. The van der Waals surface area contributed by atoms with Gasteiger partial charge in [-0.05, 0) is 6.08 Å². The molecule has 0 aliphatic carbocycles. The molecule has 0 aromatic rings. The van der Waals surface area contributed by atoms with Gasteiger partial charge in [0.15, 0.2) is 12.2 Å². The highest BCUT2D eigenvalue weighted by Crippen LogP contribution is 2.15. The Morgan fingerprint density at radius 3 is 2.93 bits per heavy atom. The minimum absolute atomic E-state index is 0.203. The number of carbonyl (C=O) groups excluding carboxylic acids is 1. The van der Waals surface area contributed by atoms with Crippen LogP contribution < -0.4 is 0 Å². The van der Waals surface area contributed by atoms with Crippen LogP contribution in [-0.2, 0) is 19.0 Å². The fourth-order valence-electron chi connectivity index (χ4n) is 1.23. The summed E-state index contributed by atoms with van der Waals surface area (Å²) in [5, 5.41) is 18.4. The van der Waals surface area contributed by atoms with E-state index in [9.17, 15) is 9.90 Å². The van der Waals surface area contributed by atoms with Gasteiger partial charge in [0.1, 0.15) is 12.7 Å². The summed E-state index contributed by atoms with van der Waals surface area (Å²) >= 11 is 0. The Kier molecular flexibility index (Phi) is 4.54. The Balaban J connectivity index is 2.56. The third-order valence-electron chi connectivity index (χ3n) is 1.94. The number of aliphatic hydroxyl groups is 2. The maximum Gasteiger partial charge on any atom is 0.332 e. The Morgan fingerprint density at radius 1 is 1.60 bits per heavy atom. The van der Waals surface area contributed by atoms with E-state index in [0.29, 0.717) is 0 Å². The smallest absolute Gasteiger partial charge is 0.332 e. The summed E-state index contributed by atoms with van der Waals surface area (Å²) in [5.74, 6) is -0.612. The molecule has 0 spiro atoms. The zero-order valence-corrected chi connectivity index (χ0v) is 8.33. The van der Waals surface area contributed by atoms with E-state index in [4.69, 9.17) is 14.6 Å². The lowest BCUT2D eigenvalue weighted by Gasteiger charge is -2.30. The summed E-state index contributed by atoms with van der Waals surface area (Å²) in [6.07, 6.45) is -0.00601. The number of methoxy groups -OCH3 is 1. The Labute approximate surface area is 87.1 Å². The molecule has 6 heteroatoms. The SMILES string of the molecule is COCC(=O)O[C@@H]1[C@H](O)C=CO[C@@H]1CO. The molecule has 1 aliphatic heterocycles. The number of hydrogen-bond acceptors (Lipinski definition) is 6. The van der Waals surface area contributed by atoms with E-state index >= 15 is 0 Å². The van der Waals surface area contributed by atoms with E-state index < -0.39 is 24.3 Å². The highest BCUT2D eigenvalue weighted by atomic mass is 16.6. The van der Waals surface area contributed by atoms with Gasteiger partial charge in [-0.3, -0.25) is 0 Å². The van der Waals surface area contributed by atoms with Crippen LogP contribution in [0.25, 0.3) is 0 Å². The molecule has 0 saturated carbocycles. The van der Waals surface area contributed by atoms with Gasteiger partial charge in [-0.25, -0.2) is 4.79 Å². The van der Waals surface area contributed by atoms with Crippen LogP contribution in [0.1, 0.15) is 0 Å². The van der Waals surface area contributed by atoms with Crippen molar-refractivity contribution in [3.05, 3.63) is 12.3 Å². The van der Waals surface area contributed by atoms with Crippen molar-refractivity contribution in [3.63, 3.8) is 0 Å². The van der Waals surface area contributed by atoms with E-state index in [1.165, 1.54) is 19.4 Å². The normalized spacial score (nSPS) is 29.7. The third kappa shape index (κ3) is 3.19. The van der Waals surface area contributed by atoms with Gasteiger partial charge in [0.25, 0.3) is 0 Å². The summed E-state index contributed by atoms with van der Waals surface area (Å²) in [4.78, 5) is 11.1. The standard InChI is InChI=1S/C9H14O6/c1-13-5-8(12)15-9-6(11)2-3-14-7(9)4-10/h2-3,6-7,9-11H,4-5H2,1H3/t6-,7-,9-/m1/s1. The topological polar surface area (TPSA) is 85.2 Å². The van der Waals surface area contributed by atoms with Gasteiger partial charge in [-0.2, -0.15) is 0 Å². The van der Waals surface area contributed by atoms with Crippen molar-refractivity contribution in [1.82, 2.24) is 0 Å². The van der Waals surface area contributed by atoms with E-state index in [2.05, 4.69) is 4.74 Å². The molecule has 0 amide bonds. The van der Waals surface area contributed by atoms with Crippen LogP contribution in [0.3, 0.4) is 0 Å². The zero-order valence-electron chi connectivity index (χ0n) is 8.33. The number of carbonyl (C=O) groups is 1. The van der Waals surface area contributed by atoms with Crippen LogP contribution >= 0.6 is 0 Å². The van der Waals surface area contributed by atoms with Gasteiger partial charge in [-0.1, -0.05) is 0 Å².